The molecule has 172 valence electrons. The van der Waals surface area contributed by atoms with Crippen molar-refractivity contribution in [2.75, 3.05) is 0 Å². The number of fused-ring (bicyclic) bond motifs is 1. The molecule has 9 heteroatoms. The summed E-state index contributed by atoms with van der Waals surface area (Å²) in [6.45, 7) is 0. The summed E-state index contributed by atoms with van der Waals surface area (Å²) in [4.78, 5) is 16.8. The number of alkyl halides is 3. The van der Waals surface area contributed by atoms with E-state index in [1.165, 1.54) is 35.6 Å². The van der Waals surface area contributed by atoms with Gasteiger partial charge < -0.3 is 8.83 Å². The molecule has 0 N–H and O–H groups in total. The largest absolute Gasteiger partial charge is 0.457 e. The van der Waals surface area contributed by atoms with Gasteiger partial charge in [-0.25, -0.2) is 9.78 Å². The van der Waals surface area contributed by atoms with Crippen molar-refractivity contribution in [1.82, 2.24) is 4.98 Å². The van der Waals surface area contributed by atoms with Gasteiger partial charge in [-0.3, -0.25) is 0 Å². The number of hydrogen-bond acceptors (Lipinski definition) is 6. The fourth-order valence-electron chi connectivity index (χ4n) is 3.48. The van der Waals surface area contributed by atoms with Crippen LogP contribution < -0.4 is 5.63 Å². The average Bonchev–Trinajstić information content (AvgIpc) is 3.52. The van der Waals surface area contributed by atoms with Crippen molar-refractivity contribution < 1.29 is 22.0 Å². The van der Waals surface area contributed by atoms with Crippen LogP contribution in [0.2, 0.25) is 0 Å². The lowest BCUT2D eigenvalue weighted by Gasteiger charge is -2.07. The van der Waals surface area contributed by atoms with Crippen LogP contribution in [0.4, 0.5) is 13.2 Å². The number of hydrogen-bond donors (Lipinski definition) is 0. The SMILES string of the molecule is N#C/C(=C\c1ccc(-c2cccc(C(F)(F)F)c2)o1)c1nc(-c2cc3ccccc3oc2=O)cs1. The maximum atomic E-state index is 13.0. The summed E-state index contributed by atoms with van der Waals surface area (Å²) in [5.74, 6) is 0.504. The Kier molecular flexibility index (Phi) is 5.59. The molecule has 2 aromatic carbocycles. The number of benzene rings is 2. The number of rotatable bonds is 4. The van der Waals surface area contributed by atoms with E-state index in [-0.39, 0.29) is 28.2 Å². The summed E-state index contributed by atoms with van der Waals surface area (Å²) >= 11 is 1.17. The molecular weight excluding hydrogens is 477 g/mol. The third-order valence-corrected chi connectivity index (χ3v) is 6.04. The number of para-hydroxylation sites is 1. The molecule has 0 aliphatic heterocycles. The summed E-state index contributed by atoms with van der Waals surface area (Å²) in [5, 5.41) is 12.4. The smallest absolute Gasteiger partial charge is 0.416 e. The first-order valence-electron chi connectivity index (χ1n) is 10.2. The summed E-state index contributed by atoms with van der Waals surface area (Å²) in [5.41, 5.74) is 0.218. The minimum atomic E-state index is -4.47. The minimum absolute atomic E-state index is 0.177. The Hall–Kier alpha value is -4.42. The van der Waals surface area contributed by atoms with Crippen molar-refractivity contribution in [2.24, 2.45) is 0 Å². The zero-order valence-electron chi connectivity index (χ0n) is 17.7. The second-order valence-electron chi connectivity index (χ2n) is 7.47. The fourth-order valence-corrected chi connectivity index (χ4v) is 4.27. The fraction of sp³-hybridized carbons (Fsp3) is 0.0385. The minimum Gasteiger partial charge on any atom is -0.457 e. The maximum absolute atomic E-state index is 13.0. The van der Waals surface area contributed by atoms with E-state index in [0.717, 1.165) is 17.5 Å². The van der Waals surface area contributed by atoms with Crippen molar-refractivity contribution >= 4 is 34.0 Å². The van der Waals surface area contributed by atoms with Gasteiger partial charge in [0.25, 0.3) is 0 Å². The second kappa shape index (κ2) is 8.74. The van der Waals surface area contributed by atoms with Crippen LogP contribution in [0.15, 0.2) is 85.7 Å². The summed E-state index contributed by atoms with van der Waals surface area (Å²) in [7, 11) is 0. The van der Waals surface area contributed by atoms with Crippen LogP contribution in [-0.2, 0) is 6.18 Å². The van der Waals surface area contributed by atoms with Gasteiger partial charge >= 0.3 is 11.8 Å². The monoisotopic (exact) mass is 490 g/mol. The van der Waals surface area contributed by atoms with E-state index < -0.39 is 17.4 Å². The third kappa shape index (κ3) is 4.52. The molecule has 0 radical (unpaired) electrons. The van der Waals surface area contributed by atoms with Gasteiger partial charge in [0.1, 0.15) is 28.2 Å². The van der Waals surface area contributed by atoms with E-state index in [1.54, 1.807) is 29.6 Å². The standard InChI is InChI=1S/C26H13F3N2O3S/c27-26(28,29)18-6-3-5-15(10-18)23-9-8-19(33-23)11-17(13-30)24-31-21(14-35-24)20-12-16-4-1-2-7-22(16)34-25(20)32/h1-12,14H/b17-11+. The van der Waals surface area contributed by atoms with Crippen molar-refractivity contribution in [3.8, 4) is 28.7 Å². The van der Waals surface area contributed by atoms with Gasteiger partial charge in [-0.05, 0) is 36.4 Å². The Bertz CT molecular complexity index is 1690. The molecule has 0 fully saturated rings. The van der Waals surface area contributed by atoms with Crippen LogP contribution in [0.1, 0.15) is 16.3 Å². The molecule has 35 heavy (non-hydrogen) atoms. The van der Waals surface area contributed by atoms with E-state index in [2.05, 4.69) is 11.1 Å². The predicted molar refractivity (Wildman–Crippen MR) is 126 cm³/mol. The normalized spacial score (nSPS) is 12.1. The molecular formula is C26H13F3N2O3S. The first-order chi connectivity index (χ1) is 16.8. The van der Waals surface area contributed by atoms with Crippen LogP contribution in [0.3, 0.4) is 0 Å². The third-order valence-electron chi connectivity index (χ3n) is 5.16. The Morgan fingerprint density at radius 3 is 2.66 bits per heavy atom. The van der Waals surface area contributed by atoms with Crippen LogP contribution >= 0.6 is 11.3 Å². The van der Waals surface area contributed by atoms with Gasteiger partial charge in [-0.15, -0.1) is 11.3 Å². The summed E-state index contributed by atoms with van der Waals surface area (Å²) in [6, 6.07) is 18.7. The van der Waals surface area contributed by atoms with Crippen molar-refractivity contribution in [1.29, 1.82) is 5.26 Å². The highest BCUT2D eigenvalue weighted by atomic mass is 32.1. The first kappa shape index (κ1) is 22.4. The molecule has 0 saturated heterocycles. The number of aromatic nitrogens is 1. The van der Waals surface area contributed by atoms with E-state index in [9.17, 15) is 23.2 Å². The molecule has 0 atom stereocenters. The zero-order valence-corrected chi connectivity index (χ0v) is 18.5. The highest BCUT2D eigenvalue weighted by molar-refractivity contribution is 7.11. The Morgan fingerprint density at radius 2 is 1.86 bits per heavy atom. The number of allylic oxidation sites excluding steroid dienone is 1. The summed E-state index contributed by atoms with van der Waals surface area (Å²) < 4.78 is 50.1. The van der Waals surface area contributed by atoms with Crippen molar-refractivity contribution in [3.63, 3.8) is 0 Å². The number of thiazole rings is 1. The molecule has 0 saturated carbocycles. The van der Waals surface area contributed by atoms with Crippen molar-refractivity contribution in [2.45, 2.75) is 6.18 Å². The second-order valence-corrected chi connectivity index (χ2v) is 8.33. The molecule has 0 spiro atoms. The number of nitrogens with zero attached hydrogens (tertiary/aromatic N) is 2. The molecule has 0 aliphatic carbocycles. The number of halogens is 3. The van der Waals surface area contributed by atoms with Gasteiger partial charge in [0.15, 0.2) is 0 Å². The lowest BCUT2D eigenvalue weighted by atomic mass is 10.1. The molecule has 3 heterocycles. The van der Waals surface area contributed by atoms with E-state index >= 15 is 0 Å². The quantitative estimate of drug-likeness (QED) is 0.196. The Labute approximate surface area is 200 Å². The maximum Gasteiger partial charge on any atom is 0.416 e. The lowest BCUT2D eigenvalue weighted by Crippen LogP contribution is -2.04. The van der Waals surface area contributed by atoms with Gasteiger partial charge in [0, 0.05) is 22.4 Å². The molecule has 3 aromatic heterocycles. The molecule has 5 aromatic rings. The number of nitriles is 1. The lowest BCUT2D eigenvalue weighted by molar-refractivity contribution is -0.137. The number of furan rings is 1. The van der Waals surface area contributed by atoms with Gasteiger partial charge in [-0.2, -0.15) is 18.4 Å². The molecule has 0 amide bonds. The Balaban J connectivity index is 1.46. The van der Waals surface area contributed by atoms with Crippen LogP contribution in [0.25, 0.3) is 45.2 Å². The van der Waals surface area contributed by atoms with Crippen LogP contribution in [-0.4, -0.2) is 4.98 Å². The predicted octanol–water partition coefficient (Wildman–Crippen LogP) is 7.26. The topological polar surface area (TPSA) is 80.0 Å². The first-order valence-corrected chi connectivity index (χ1v) is 11.1. The van der Waals surface area contributed by atoms with Gasteiger partial charge in [0.2, 0.25) is 0 Å². The highest BCUT2D eigenvalue weighted by Gasteiger charge is 2.30. The Morgan fingerprint density at radius 1 is 1.03 bits per heavy atom. The van der Waals surface area contributed by atoms with E-state index in [1.807, 2.05) is 12.1 Å². The average molecular weight is 490 g/mol. The molecule has 5 rings (SSSR count). The van der Waals surface area contributed by atoms with Crippen LogP contribution in [0, 0.1) is 11.3 Å². The highest BCUT2D eigenvalue weighted by Crippen LogP contribution is 2.33. The summed E-state index contributed by atoms with van der Waals surface area (Å²) in [6.07, 6.45) is -3.02. The molecule has 0 aliphatic rings. The molecule has 5 nitrogen and oxygen atoms in total. The zero-order chi connectivity index (χ0) is 24.6. The van der Waals surface area contributed by atoms with Gasteiger partial charge in [0.05, 0.1) is 22.4 Å². The van der Waals surface area contributed by atoms with Crippen LogP contribution in [0.5, 0.6) is 0 Å². The van der Waals surface area contributed by atoms with Gasteiger partial charge in [-0.1, -0.05) is 30.3 Å². The van der Waals surface area contributed by atoms with E-state index in [0.29, 0.717) is 16.3 Å². The molecule has 0 bridgehead atoms. The van der Waals surface area contributed by atoms with Crippen molar-refractivity contribution in [3.05, 3.63) is 98.9 Å². The van der Waals surface area contributed by atoms with E-state index in [4.69, 9.17) is 8.83 Å². The molecule has 0 unspecified atom stereocenters.